The Bertz CT molecular complexity index is 466. The summed E-state index contributed by atoms with van der Waals surface area (Å²) in [4.78, 5) is 14.0. The second-order valence-corrected chi connectivity index (χ2v) is 5.59. The van der Waals surface area contributed by atoms with E-state index in [1.165, 1.54) is 0 Å². The molecule has 0 unspecified atom stereocenters. The number of aromatic nitrogens is 1. The molecule has 0 spiro atoms. The summed E-state index contributed by atoms with van der Waals surface area (Å²) in [5.41, 5.74) is -1.46. The monoisotopic (exact) mass is 295 g/mol. The van der Waals surface area contributed by atoms with Crippen LogP contribution in [0.4, 0.5) is 13.2 Å². The van der Waals surface area contributed by atoms with Gasteiger partial charge >= 0.3 is 12.1 Å². The average Bonchev–Trinajstić information content (AvgIpc) is 2.74. The Hall–Kier alpha value is -1.18. The van der Waals surface area contributed by atoms with E-state index < -0.39 is 23.6 Å². The molecule has 1 heterocycles. The van der Waals surface area contributed by atoms with Crippen molar-refractivity contribution < 1.29 is 27.5 Å². The van der Waals surface area contributed by atoms with Crippen LogP contribution in [0.3, 0.4) is 0 Å². The van der Waals surface area contributed by atoms with Crippen molar-refractivity contribution >= 4 is 17.7 Å². The maximum atomic E-state index is 12.6. The number of alkyl halides is 3. The molecule has 0 radical (unpaired) electrons. The number of halogens is 3. The summed E-state index contributed by atoms with van der Waals surface area (Å²) in [5.74, 6) is -2.89. The Labute approximate surface area is 111 Å². The van der Waals surface area contributed by atoms with Gasteiger partial charge in [0.05, 0.1) is 0 Å². The Morgan fingerprint density at radius 3 is 2.42 bits per heavy atom. The van der Waals surface area contributed by atoms with E-state index in [0.29, 0.717) is 0 Å². The average molecular weight is 295 g/mol. The number of carboxylic acids is 1. The molecule has 106 valence electrons. The van der Waals surface area contributed by atoms with Crippen LogP contribution in [0.15, 0.2) is 9.64 Å². The summed E-state index contributed by atoms with van der Waals surface area (Å²) in [6.45, 7) is 0. The minimum Gasteiger partial charge on any atom is -0.475 e. The predicted octanol–water partition coefficient (Wildman–Crippen LogP) is 3.82. The lowest BCUT2D eigenvalue weighted by molar-refractivity contribution is -0.141. The molecule has 2 rings (SSSR count). The largest absolute Gasteiger partial charge is 0.475 e. The Balaban J connectivity index is 2.20. The Morgan fingerprint density at radius 1 is 1.32 bits per heavy atom. The summed E-state index contributed by atoms with van der Waals surface area (Å²) in [6.07, 6.45) is 0.125. The number of carboxylic acid groups (broad SMARTS) is 1. The predicted molar refractivity (Wildman–Crippen MR) is 61.2 cm³/mol. The summed E-state index contributed by atoms with van der Waals surface area (Å²) < 4.78 is 42.6. The number of carbonyl (C=O) groups is 1. The van der Waals surface area contributed by atoms with Gasteiger partial charge < -0.3 is 9.52 Å². The van der Waals surface area contributed by atoms with E-state index in [4.69, 9.17) is 9.52 Å². The molecule has 1 N–H and O–H groups in total. The van der Waals surface area contributed by atoms with Gasteiger partial charge in [0.25, 0.3) is 5.22 Å². The standard InChI is InChI=1S/C11H12F3NO3S/c12-11(13,14)8-7(9(16)17)18-10(15-8)19-6-4-2-1-3-5-6/h6H,1-5H2,(H,16,17). The smallest absolute Gasteiger partial charge is 0.437 e. The van der Waals surface area contributed by atoms with Crippen LogP contribution in [-0.4, -0.2) is 21.3 Å². The number of rotatable bonds is 3. The van der Waals surface area contributed by atoms with Crippen molar-refractivity contribution in [1.82, 2.24) is 4.98 Å². The molecule has 1 saturated carbocycles. The molecule has 1 aromatic rings. The zero-order valence-electron chi connectivity index (χ0n) is 9.87. The molecule has 1 aliphatic carbocycles. The Kier molecular flexibility index (Phi) is 4.07. The van der Waals surface area contributed by atoms with E-state index in [0.717, 1.165) is 43.9 Å². The molecule has 0 aliphatic heterocycles. The van der Waals surface area contributed by atoms with Crippen LogP contribution >= 0.6 is 11.8 Å². The third kappa shape index (κ3) is 3.43. The number of oxazole rings is 1. The summed E-state index contributed by atoms with van der Waals surface area (Å²) in [5, 5.41) is 8.64. The lowest BCUT2D eigenvalue weighted by Gasteiger charge is -2.18. The second-order valence-electron chi connectivity index (χ2n) is 4.34. The van der Waals surface area contributed by atoms with Crippen LogP contribution in [-0.2, 0) is 6.18 Å². The fourth-order valence-corrected chi connectivity index (χ4v) is 3.14. The molecule has 0 amide bonds. The van der Waals surface area contributed by atoms with Crippen LogP contribution in [0.5, 0.6) is 0 Å². The SMILES string of the molecule is O=C(O)c1oc(SC2CCCCC2)nc1C(F)(F)F. The van der Waals surface area contributed by atoms with Crippen molar-refractivity contribution in [2.75, 3.05) is 0 Å². The molecule has 4 nitrogen and oxygen atoms in total. The van der Waals surface area contributed by atoms with Crippen LogP contribution in [0, 0.1) is 0 Å². The summed E-state index contributed by atoms with van der Waals surface area (Å²) in [7, 11) is 0. The van der Waals surface area contributed by atoms with E-state index in [1.807, 2.05) is 0 Å². The minimum atomic E-state index is -4.82. The molecule has 0 atom stereocenters. The molecule has 1 aromatic heterocycles. The topological polar surface area (TPSA) is 63.3 Å². The summed E-state index contributed by atoms with van der Waals surface area (Å²) in [6, 6.07) is 0. The van der Waals surface area contributed by atoms with Gasteiger partial charge in [0.1, 0.15) is 0 Å². The van der Waals surface area contributed by atoms with Gasteiger partial charge in [0.15, 0.2) is 5.69 Å². The van der Waals surface area contributed by atoms with Gasteiger partial charge in [0.2, 0.25) is 5.76 Å². The first-order valence-corrected chi connectivity index (χ1v) is 6.74. The van der Waals surface area contributed by atoms with Crippen LogP contribution < -0.4 is 0 Å². The van der Waals surface area contributed by atoms with Crippen molar-refractivity contribution in [3.8, 4) is 0 Å². The molecule has 19 heavy (non-hydrogen) atoms. The van der Waals surface area contributed by atoms with E-state index in [2.05, 4.69) is 4.98 Å². The van der Waals surface area contributed by atoms with Gasteiger partial charge in [-0.2, -0.15) is 18.2 Å². The first-order valence-electron chi connectivity index (χ1n) is 5.86. The highest BCUT2D eigenvalue weighted by Crippen LogP contribution is 2.38. The van der Waals surface area contributed by atoms with Crippen molar-refractivity contribution in [3.05, 3.63) is 11.5 Å². The Morgan fingerprint density at radius 2 is 1.95 bits per heavy atom. The fourth-order valence-electron chi connectivity index (χ4n) is 2.01. The molecule has 0 aromatic carbocycles. The first kappa shape index (κ1) is 14.2. The molecular weight excluding hydrogens is 283 g/mol. The second kappa shape index (κ2) is 5.44. The fraction of sp³-hybridized carbons (Fsp3) is 0.636. The summed E-state index contributed by atoms with van der Waals surface area (Å²) >= 11 is 1.09. The molecular formula is C11H12F3NO3S. The van der Waals surface area contributed by atoms with Crippen LogP contribution in [0.2, 0.25) is 0 Å². The lowest BCUT2D eigenvalue weighted by atomic mass is 10.0. The normalized spacial score (nSPS) is 17.6. The van der Waals surface area contributed by atoms with E-state index in [1.54, 1.807) is 0 Å². The quantitative estimate of drug-likeness (QED) is 0.918. The van der Waals surface area contributed by atoms with E-state index in [-0.39, 0.29) is 10.5 Å². The highest BCUT2D eigenvalue weighted by atomic mass is 32.2. The lowest BCUT2D eigenvalue weighted by Crippen LogP contribution is -2.11. The first-order chi connectivity index (χ1) is 8.88. The highest BCUT2D eigenvalue weighted by Gasteiger charge is 2.41. The van der Waals surface area contributed by atoms with Gasteiger partial charge in [0, 0.05) is 5.25 Å². The maximum absolute atomic E-state index is 12.6. The van der Waals surface area contributed by atoms with Gasteiger partial charge in [-0.25, -0.2) is 4.79 Å². The molecule has 1 aliphatic rings. The zero-order chi connectivity index (χ0) is 14.0. The van der Waals surface area contributed by atoms with Crippen molar-refractivity contribution in [1.29, 1.82) is 0 Å². The van der Waals surface area contributed by atoms with Crippen molar-refractivity contribution in [3.63, 3.8) is 0 Å². The highest BCUT2D eigenvalue weighted by molar-refractivity contribution is 7.99. The van der Waals surface area contributed by atoms with Crippen molar-refractivity contribution in [2.45, 2.75) is 48.8 Å². The van der Waals surface area contributed by atoms with Gasteiger partial charge in [-0.05, 0) is 12.8 Å². The molecule has 0 saturated heterocycles. The minimum absolute atomic E-state index is 0.148. The van der Waals surface area contributed by atoms with Crippen LogP contribution in [0.1, 0.15) is 48.4 Å². The van der Waals surface area contributed by atoms with Gasteiger partial charge in [-0.15, -0.1) is 0 Å². The third-order valence-corrected chi connectivity index (χ3v) is 4.07. The van der Waals surface area contributed by atoms with Crippen LogP contribution in [0.25, 0.3) is 0 Å². The number of aromatic carboxylic acids is 1. The number of nitrogens with zero attached hydrogens (tertiary/aromatic N) is 1. The molecule has 0 bridgehead atoms. The maximum Gasteiger partial charge on any atom is 0.437 e. The zero-order valence-corrected chi connectivity index (χ0v) is 10.7. The van der Waals surface area contributed by atoms with Gasteiger partial charge in [-0.1, -0.05) is 31.0 Å². The number of hydrogen-bond acceptors (Lipinski definition) is 4. The van der Waals surface area contributed by atoms with Gasteiger partial charge in [-0.3, -0.25) is 0 Å². The molecule has 8 heteroatoms. The van der Waals surface area contributed by atoms with Crippen molar-refractivity contribution in [2.24, 2.45) is 0 Å². The third-order valence-electron chi connectivity index (χ3n) is 2.89. The van der Waals surface area contributed by atoms with E-state index in [9.17, 15) is 18.0 Å². The molecule has 1 fully saturated rings. The van der Waals surface area contributed by atoms with E-state index >= 15 is 0 Å². The number of thioether (sulfide) groups is 1. The number of hydrogen-bond donors (Lipinski definition) is 1.